The minimum Gasteiger partial charge on any atom is -0.465 e. The average molecular weight is 294 g/mol. The highest BCUT2D eigenvalue weighted by Crippen LogP contribution is 2.35. The van der Waals surface area contributed by atoms with Crippen LogP contribution in [0.4, 0.5) is 0 Å². The predicted molar refractivity (Wildman–Crippen MR) is 62.5 cm³/mol. The van der Waals surface area contributed by atoms with Crippen LogP contribution in [0.3, 0.4) is 0 Å². The van der Waals surface area contributed by atoms with Crippen LogP contribution < -0.4 is 0 Å². The van der Waals surface area contributed by atoms with Gasteiger partial charge >= 0.3 is 5.97 Å². The van der Waals surface area contributed by atoms with E-state index >= 15 is 0 Å². The van der Waals surface area contributed by atoms with Crippen molar-refractivity contribution in [2.45, 2.75) is 8.68 Å². The Kier molecular flexibility index (Phi) is 3.74. The number of thiazole rings is 1. The lowest BCUT2D eigenvalue weighted by molar-refractivity contribution is 0.0606. The van der Waals surface area contributed by atoms with Crippen LogP contribution >= 0.6 is 46.0 Å². The highest BCUT2D eigenvalue weighted by Gasteiger charge is 2.18. The fraction of sp³-hybridized carbons (Fsp3) is 0.143. The van der Waals surface area contributed by atoms with Gasteiger partial charge in [-0.2, -0.15) is 0 Å². The van der Waals surface area contributed by atoms with E-state index in [1.807, 2.05) is 0 Å². The van der Waals surface area contributed by atoms with Gasteiger partial charge < -0.3 is 4.74 Å². The van der Waals surface area contributed by atoms with Crippen LogP contribution in [-0.4, -0.2) is 28.3 Å². The standard InChI is InChI=1S/C7H4ClN3O2S3/c1-13-5(12)3-4(8)10-6(15-3)16-7-11-9-2-14-7/h2H,1H3. The molecule has 0 saturated heterocycles. The number of halogens is 1. The van der Waals surface area contributed by atoms with Gasteiger partial charge in [0.1, 0.15) is 5.51 Å². The summed E-state index contributed by atoms with van der Waals surface area (Å²) in [5.74, 6) is -0.480. The van der Waals surface area contributed by atoms with Crippen LogP contribution in [0.25, 0.3) is 0 Å². The third-order valence-electron chi connectivity index (χ3n) is 1.45. The smallest absolute Gasteiger partial charge is 0.351 e. The summed E-state index contributed by atoms with van der Waals surface area (Å²) >= 11 is 9.70. The predicted octanol–water partition coefficient (Wildman–Crippen LogP) is 2.59. The molecule has 0 N–H and O–H groups in total. The molecular weight excluding hydrogens is 290 g/mol. The molecule has 0 aliphatic rings. The molecular formula is C7H4ClN3O2S3. The zero-order valence-corrected chi connectivity index (χ0v) is 11.0. The Labute approximate surface area is 108 Å². The fourth-order valence-corrected chi connectivity index (χ4v) is 3.84. The molecule has 5 nitrogen and oxygen atoms in total. The van der Waals surface area contributed by atoms with Gasteiger partial charge in [-0.05, 0) is 11.8 Å². The Morgan fingerprint density at radius 2 is 2.38 bits per heavy atom. The zero-order chi connectivity index (χ0) is 11.5. The Morgan fingerprint density at radius 1 is 1.56 bits per heavy atom. The Hall–Kier alpha value is -0.700. The molecule has 0 fully saturated rings. The molecule has 2 heterocycles. The van der Waals surface area contributed by atoms with Crippen molar-refractivity contribution in [3.05, 3.63) is 15.5 Å². The maximum Gasteiger partial charge on any atom is 0.351 e. The number of rotatable bonds is 3. The van der Waals surface area contributed by atoms with Gasteiger partial charge in [-0.15, -0.1) is 10.2 Å². The van der Waals surface area contributed by atoms with Crippen molar-refractivity contribution in [3.8, 4) is 0 Å². The van der Waals surface area contributed by atoms with E-state index in [4.69, 9.17) is 11.6 Å². The molecule has 2 rings (SSSR count). The molecule has 0 spiro atoms. The maximum absolute atomic E-state index is 11.3. The van der Waals surface area contributed by atoms with Gasteiger partial charge in [-0.3, -0.25) is 0 Å². The first kappa shape index (κ1) is 11.8. The summed E-state index contributed by atoms with van der Waals surface area (Å²) in [5.41, 5.74) is 1.62. The van der Waals surface area contributed by atoms with E-state index in [2.05, 4.69) is 19.9 Å². The number of ether oxygens (including phenoxy) is 1. The summed E-state index contributed by atoms with van der Waals surface area (Å²) in [4.78, 5) is 15.6. The number of nitrogens with zero attached hydrogens (tertiary/aromatic N) is 3. The van der Waals surface area contributed by atoms with Gasteiger partial charge in [-0.1, -0.05) is 34.3 Å². The first-order valence-corrected chi connectivity index (χ1v) is 6.78. The molecule has 0 radical (unpaired) electrons. The maximum atomic E-state index is 11.3. The second-order valence-corrected chi connectivity index (χ2v) is 6.08. The van der Waals surface area contributed by atoms with Crippen LogP contribution in [0.1, 0.15) is 9.67 Å². The number of carbonyl (C=O) groups excluding carboxylic acids is 1. The Bertz CT molecular complexity index is 499. The molecule has 2 aromatic heterocycles. The topological polar surface area (TPSA) is 65.0 Å². The lowest BCUT2D eigenvalue weighted by atomic mass is 10.6. The zero-order valence-electron chi connectivity index (χ0n) is 7.84. The van der Waals surface area contributed by atoms with E-state index in [0.29, 0.717) is 9.22 Å². The van der Waals surface area contributed by atoms with E-state index in [1.165, 1.54) is 41.5 Å². The van der Waals surface area contributed by atoms with Crippen molar-refractivity contribution >= 4 is 52.0 Å². The molecule has 0 unspecified atom stereocenters. The minimum atomic E-state index is -0.480. The molecule has 0 bridgehead atoms. The second kappa shape index (κ2) is 5.09. The van der Waals surface area contributed by atoms with Gasteiger partial charge in [0.05, 0.1) is 7.11 Å². The average Bonchev–Trinajstić information content (AvgIpc) is 2.88. The molecule has 16 heavy (non-hydrogen) atoms. The van der Waals surface area contributed by atoms with Gasteiger partial charge in [0.15, 0.2) is 18.7 Å². The quantitative estimate of drug-likeness (QED) is 0.811. The number of carbonyl (C=O) groups is 1. The van der Waals surface area contributed by atoms with Crippen molar-refractivity contribution in [3.63, 3.8) is 0 Å². The third-order valence-corrected chi connectivity index (χ3v) is 4.71. The monoisotopic (exact) mass is 293 g/mol. The first-order chi connectivity index (χ1) is 7.70. The van der Waals surface area contributed by atoms with Crippen molar-refractivity contribution in [1.29, 1.82) is 0 Å². The normalized spacial score (nSPS) is 10.4. The molecule has 0 aliphatic carbocycles. The van der Waals surface area contributed by atoms with Gasteiger partial charge in [0.2, 0.25) is 0 Å². The van der Waals surface area contributed by atoms with Gasteiger partial charge in [0.25, 0.3) is 0 Å². The minimum absolute atomic E-state index is 0.156. The second-order valence-electron chi connectivity index (χ2n) is 2.40. The van der Waals surface area contributed by atoms with Crippen molar-refractivity contribution in [1.82, 2.24) is 15.2 Å². The van der Waals surface area contributed by atoms with E-state index < -0.39 is 5.97 Å². The van der Waals surface area contributed by atoms with E-state index in [0.717, 1.165) is 4.34 Å². The third kappa shape index (κ3) is 2.51. The molecule has 0 atom stereocenters. The van der Waals surface area contributed by atoms with Crippen LogP contribution in [0.5, 0.6) is 0 Å². The molecule has 2 aromatic rings. The number of hydrogen-bond donors (Lipinski definition) is 0. The van der Waals surface area contributed by atoms with E-state index in [9.17, 15) is 4.79 Å². The molecule has 84 valence electrons. The van der Waals surface area contributed by atoms with E-state index in [1.54, 1.807) is 5.51 Å². The number of hydrogen-bond acceptors (Lipinski definition) is 8. The van der Waals surface area contributed by atoms with Crippen LogP contribution in [-0.2, 0) is 4.74 Å². The van der Waals surface area contributed by atoms with Gasteiger partial charge in [-0.25, -0.2) is 9.78 Å². The summed E-state index contributed by atoms with van der Waals surface area (Å²) in [6.07, 6.45) is 0. The van der Waals surface area contributed by atoms with E-state index in [-0.39, 0.29) is 5.15 Å². The summed E-state index contributed by atoms with van der Waals surface area (Å²) < 4.78 is 5.97. The number of aromatic nitrogens is 3. The van der Waals surface area contributed by atoms with Crippen molar-refractivity contribution in [2.75, 3.05) is 7.11 Å². The molecule has 0 saturated carbocycles. The molecule has 0 aliphatic heterocycles. The summed E-state index contributed by atoms with van der Waals surface area (Å²) in [7, 11) is 1.30. The molecule has 9 heteroatoms. The number of methoxy groups -OCH3 is 1. The Balaban J connectivity index is 2.21. The lowest BCUT2D eigenvalue weighted by Crippen LogP contribution is -1.98. The fourth-order valence-electron chi connectivity index (χ4n) is 0.827. The highest BCUT2D eigenvalue weighted by atomic mass is 35.5. The summed E-state index contributed by atoms with van der Waals surface area (Å²) in [5, 5.41) is 7.71. The largest absolute Gasteiger partial charge is 0.465 e. The van der Waals surface area contributed by atoms with Crippen molar-refractivity contribution < 1.29 is 9.53 Å². The SMILES string of the molecule is COC(=O)c1sc(Sc2nncs2)nc1Cl. The number of esters is 1. The summed E-state index contributed by atoms with van der Waals surface area (Å²) in [6.45, 7) is 0. The highest BCUT2D eigenvalue weighted by molar-refractivity contribution is 8.02. The Morgan fingerprint density at radius 3 is 3.00 bits per heavy atom. The first-order valence-electron chi connectivity index (χ1n) is 3.89. The van der Waals surface area contributed by atoms with Crippen molar-refractivity contribution in [2.24, 2.45) is 0 Å². The van der Waals surface area contributed by atoms with Crippen LogP contribution in [0, 0.1) is 0 Å². The van der Waals surface area contributed by atoms with Crippen LogP contribution in [0.15, 0.2) is 14.2 Å². The lowest BCUT2D eigenvalue weighted by Gasteiger charge is -1.92. The van der Waals surface area contributed by atoms with Gasteiger partial charge in [0, 0.05) is 0 Å². The summed E-state index contributed by atoms with van der Waals surface area (Å²) in [6, 6.07) is 0. The molecule has 0 amide bonds. The molecule has 0 aromatic carbocycles. The van der Waals surface area contributed by atoms with Crippen LogP contribution in [0.2, 0.25) is 5.15 Å².